The van der Waals surface area contributed by atoms with E-state index in [1.165, 1.54) is 0 Å². The van der Waals surface area contributed by atoms with Crippen LogP contribution in [0.25, 0.3) is 10.9 Å². The van der Waals surface area contributed by atoms with Crippen LogP contribution >= 0.6 is 0 Å². The van der Waals surface area contributed by atoms with Crippen LogP contribution in [0.15, 0.2) is 48.5 Å². The molecule has 3 rings (SSSR count). The van der Waals surface area contributed by atoms with E-state index in [-0.39, 0.29) is 5.91 Å². The summed E-state index contributed by atoms with van der Waals surface area (Å²) in [4.78, 5) is 12.4. The lowest BCUT2D eigenvalue weighted by Crippen LogP contribution is -2.22. The average molecular weight is 323 g/mol. The number of ether oxygens (including phenoxy) is 1. The van der Waals surface area contributed by atoms with E-state index in [1.807, 2.05) is 67.1 Å². The summed E-state index contributed by atoms with van der Waals surface area (Å²) < 4.78 is 7.51. The Bertz CT molecular complexity index is 840. The first-order valence-electron chi connectivity index (χ1n) is 8.18. The van der Waals surface area contributed by atoms with E-state index in [2.05, 4.69) is 10.4 Å². The van der Waals surface area contributed by atoms with Gasteiger partial charge in [0, 0.05) is 18.7 Å². The van der Waals surface area contributed by atoms with Crippen molar-refractivity contribution in [3.63, 3.8) is 0 Å². The lowest BCUT2D eigenvalue weighted by atomic mass is 10.1. The molecule has 124 valence electrons. The molecule has 0 unspecified atom stereocenters. The van der Waals surface area contributed by atoms with Crippen LogP contribution in [0.5, 0.6) is 5.88 Å². The van der Waals surface area contributed by atoms with Gasteiger partial charge in [-0.1, -0.05) is 30.3 Å². The highest BCUT2D eigenvalue weighted by atomic mass is 16.5. The number of fused-ring (bicyclic) bond motifs is 1. The Balaban J connectivity index is 1.81. The van der Waals surface area contributed by atoms with Gasteiger partial charge in [0.2, 0.25) is 5.88 Å². The summed E-state index contributed by atoms with van der Waals surface area (Å²) in [6.07, 6.45) is 0. The second-order valence-corrected chi connectivity index (χ2v) is 5.45. The third kappa shape index (κ3) is 3.25. The molecule has 1 heterocycles. The number of aromatic nitrogens is 2. The number of aryl methyl sites for hydroxylation is 1. The van der Waals surface area contributed by atoms with Crippen LogP contribution in [-0.2, 0) is 13.1 Å². The number of carbonyl (C=O) groups is 1. The van der Waals surface area contributed by atoms with E-state index in [1.54, 1.807) is 0 Å². The van der Waals surface area contributed by atoms with Gasteiger partial charge in [-0.2, -0.15) is 5.10 Å². The molecule has 1 N–H and O–H groups in total. The van der Waals surface area contributed by atoms with E-state index < -0.39 is 0 Å². The molecule has 1 amide bonds. The number of carbonyl (C=O) groups excluding carboxylic acids is 1. The number of rotatable bonds is 6. The minimum absolute atomic E-state index is 0.107. The van der Waals surface area contributed by atoms with Gasteiger partial charge in [0.05, 0.1) is 17.5 Å². The molecule has 0 bridgehead atoms. The van der Waals surface area contributed by atoms with Crippen molar-refractivity contribution in [1.82, 2.24) is 15.1 Å². The summed E-state index contributed by atoms with van der Waals surface area (Å²) in [6, 6.07) is 15.4. The van der Waals surface area contributed by atoms with Crippen molar-refractivity contribution in [3.8, 4) is 5.88 Å². The van der Waals surface area contributed by atoms with Crippen molar-refractivity contribution in [3.05, 3.63) is 59.7 Å². The molecule has 5 heteroatoms. The zero-order valence-electron chi connectivity index (χ0n) is 14.0. The topological polar surface area (TPSA) is 56.1 Å². The van der Waals surface area contributed by atoms with Crippen LogP contribution < -0.4 is 10.1 Å². The fraction of sp³-hybridized carbons (Fsp3) is 0.263. The summed E-state index contributed by atoms with van der Waals surface area (Å²) in [5.74, 6) is 0.649. The van der Waals surface area contributed by atoms with Gasteiger partial charge in [0.15, 0.2) is 0 Å². The Morgan fingerprint density at radius 2 is 1.96 bits per heavy atom. The van der Waals surface area contributed by atoms with Gasteiger partial charge in [-0.05, 0) is 37.6 Å². The standard InChI is InChI=1S/C19H21N3O2/c1-3-22-19(24-4-2)16-11-10-15(12-17(16)21-22)18(23)20-13-14-8-6-5-7-9-14/h5-12H,3-4,13H2,1-2H3,(H,20,23). The molecule has 0 fully saturated rings. The van der Waals surface area contributed by atoms with Gasteiger partial charge in [-0.3, -0.25) is 4.79 Å². The number of hydrogen-bond acceptors (Lipinski definition) is 3. The minimum Gasteiger partial charge on any atom is -0.478 e. The Labute approximate surface area is 141 Å². The van der Waals surface area contributed by atoms with Crippen LogP contribution in [0.4, 0.5) is 0 Å². The van der Waals surface area contributed by atoms with Gasteiger partial charge in [0.25, 0.3) is 5.91 Å². The van der Waals surface area contributed by atoms with Crippen molar-refractivity contribution in [2.24, 2.45) is 0 Å². The van der Waals surface area contributed by atoms with Crippen LogP contribution in [0.2, 0.25) is 0 Å². The molecule has 0 aliphatic rings. The predicted octanol–water partition coefficient (Wildman–Crippen LogP) is 3.38. The average Bonchev–Trinajstić information content (AvgIpc) is 2.98. The molecule has 2 aromatic carbocycles. The van der Waals surface area contributed by atoms with Crippen molar-refractivity contribution < 1.29 is 9.53 Å². The molecular formula is C19H21N3O2. The maximum absolute atomic E-state index is 12.4. The normalized spacial score (nSPS) is 10.8. The van der Waals surface area contributed by atoms with Gasteiger partial charge < -0.3 is 10.1 Å². The smallest absolute Gasteiger partial charge is 0.251 e. The number of nitrogens with zero attached hydrogens (tertiary/aromatic N) is 2. The number of hydrogen-bond donors (Lipinski definition) is 1. The monoisotopic (exact) mass is 323 g/mol. The largest absolute Gasteiger partial charge is 0.478 e. The lowest BCUT2D eigenvalue weighted by molar-refractivity contribution is 0.0951. The first-order valence-corrected chi connectivity index (χ1v) is 8.18. The third-order valence-corrected chi connectivity index (χ3v) is 3.83. The zero-order chi connectivity index (χ0) is 16.9. The minimum atomic E-state index is -0.107. The van der Waals surface area contributed by atoms with Crippen molar-refractivity contribution >= 4 is 16.8 Å². The molecule has 0 saturated heterocycles. The fourth-order valence-electron chi connectivity index (χ4n) is 2.63. The molecule has 5 nitrogen and oxygen atoms in total. The zero-order valence-corrected chi connectivity index (χ0v) is 14.0. The first-order chi connectivity index (χ1) is 11.7. The number of amides is 1. The van der Waals surface area contributed by atoms with Crippen LogP contribution in [0.3, 0.4) is 0 Å². The van der Waals surface area contributed by atoms with Crippen LogP contribution in [-0.4, -0.2) is 22.3 Å². The molecular weight excluding hydrogens is 302 g/mol. The third-order valence-electron chi connectivity index (χ3n) is 3.83. The van der Waals surface area contributed by atoms with Gasteiger partial charge in [-0.15, -0.1) is 0 Å². The van der Waals surface area contributed by atoms with Gasteiger partial charge in [0.1, 0.15) is 0 Å². The molecule has 1 aromatic heterocycles. The Morgan fingerprint density at radius 3 is 2.67 bits per heavy atom. The van der Waals surface area contributed by atoms with Crippen molar-refractivity contribution in [2.45, 2.75) is 26.9 Å². The maximum Gasteiger partial charge on any atom is 0.251 e. The van der Waals surface area contributed by atoms with Gasteiger partial charge >= 0.3 is 0 Å². The van der Waals surface area contributed by atoms with Crippen LogP contribution in [0.1, 0.15) is 29.8 Å². The SMILES string of the molecule is CCOc1c2ccc(C(=O)NCc3ccccc3)cc2nn1CC. The maximum atomic E-state index is 12.4. The summed E-state index contributed by atoms with van der Waals surface area (Å²) in [5, 5.41) is 8.39. The van der Waals surface area contributed by atoms with E-state index >= 15 is 0 Å². The van der Waals surface area contributed by atoms with E-state index in [0.717, 1.165) is 28.9 Å². The number of nitrogens with one attached hydrogen (secondary N) is 1. The molecule has 0 spiro atoms. The van der Waals surface area contributed by atoms with E-state index in [4.69, 9.17) is 4.74 Å². The highest BCUT2D eigenvalue weighted by molar-refractivity contribution is 5.98. The molecule has 0 atom stereocenters. The molecule has 0 aliphatic carbocycles. The second kappa shape index (κ2) is 7.17. The van der Waals surface area contributed by atoms with Crippen molar-refractivity contribution in [1.29, 1.82) is 0 Å². The quantitative estimate of drug-likeness (QED) is 0.756. The molecule has 0 aliphatic heterocycles. The van der Waals surface area contributed by atoms with E-state index in [0.29, 0.717) is 18.7 Å². The molecule has 24 heavy (non-hydrogen) atoms. The lowest BCUT2D eigenvalue weighted by Gasteiger charge is -2.06. The van der Waals surface area contributed by atoms with Crippen LogP contribution in [0, 0.1) is 0 Å². The summed E-state index contributed by atoms with van der Waals surface area (Å²) in [6.45, 7) is 5.77. The molecule has 3 aromatic rings. The first kappa shape index (κ1) is 16.1. The Morgan fingerprint density at radius 1 is 1.17 bits per heavy atom. The highest BCUT2D eigenvalue weighted by Crippen LogP contribution is 2.26. The summed E-state index contributed by atoms with van der Waals surface area (Å²) >= 11 is 0. The Hall–Kier alpha value is -2.82. The number of benzene rings is 2. The Kier molecular flexibility index (Phi) is 4.79. The van der Waals surface area contributed by atoms with Gasteiger partial charge in [-0.25, -0.2) is 4.68 Å². The molecule has 0 radical (unpaired) electrons. The van der Waals surface area contributed by atoms with Crippen molar-refractivity contribution in [2.75, 3.05) is 6.61 Å². The summed E-state index contributed by atoms with van der Waals surface area (Å²) in [5.41, 5.74) is 2.44. The second-order valence-electron chi connectivity index (χ2n) is 5.45. The summed E-state index contributed by atoms with van der Waals surface area (Å²) in [7, 11) is 0. The molecule has 0 saturated carbocycles. The van der Waals surface area contributed by atoms with E-state index in [9.17, 15) is 4.79 Å². The fourth-order valence-corrected chi connectivity index (χ4v) is 2.63. The highest BCUT2D eigenvalue weighted by Gasteiger charge is 2.14. The predicted molar refractivity (Wildman–Crippen MR) is 94.2 cm³/mol.